The molecule has 3 N–H and O–H groups in total. The molecule has 0 bridgehead atoms. The van der Waals surface area contributed by atoms with E-state index in [9.17, 15) is 4.79 Å². The van der Waals surface area contributed by atoms with Gasteiger partial charge in [0.05, 0.1) is 10.9 Å². The van der Waals surface area contributed by atoms with Crippen molar-refractivity contribution >= 4 is 17.0 Å². The monoisotopic (exact) mass is 316 g/mol. The Labute approximate surface area is 135 Å². The third kappa shape index (κ3) is 3.52. The van der Waals surface area contributed by atoms with Crippen LogP contribution in [0.2, 0.25) is 0 Å². The molecule has 1 aliphatic rings. The van der Waals surface area contributed by atoms with Crippen LogP contribution in [-0.2, 0) is 6.42 Å². The molecule has 0 aliphatic heterocycles. The Balaban J connectivity index is 1.66. The third-order valence-electron chi connectivity index (χ3n) is 4.69. The van der Waals surface area contributed by atoms with Crippen LogP contribution in [0, 0.1) is 0 Å². The molecule has 0 spiro atoms. The SMILES string of the molecule is CCC(CCCc1oc2ncncc2c1C(N)=O)NC1(C)CC1. The van der Waals surface area contributed by atoms with Crippen molar-refractivity contribution in [3.8, 4) is 0 Å². The van der Waals surface area contributed by atoms with Crippen LogP contribution in [-0.4, -0.2) is 27.5 Å². The number of hydrogen-bond donors (Lipinski definition) is 2. The first-order chi connectivity index (χ1) is 11.0. The second kappa shape index (κ2) is 6.28. The number of aromatic nitrogens is 2. The fourth-order valence-electron chi connectivity index (χ4n) is 3.05. The van der Waals surface area contributed by atoms with E-state index >= 15 is 0 Å². The van der Waals surface area contributed by atoms with Gasteiger partial charge in [-0.2, -0.15) is 0 Å². The quantitative estimate of drug-likeness (QED) is 0.780. The van der Waals surface area contributed by atoms with Gasteiger partial charge in [0.25, 0.3) is 5.91 Å². The highest BCUT2D eigenvalue weighted by atomic mass is 16.3. The Bertz CT molecular complexity index is 706. The summed E-state index contributed by atoms with van der Waals surface area (Å²) < 4.78 is 5.72. The minimum Gasteiger partial charge on any atom is -0.442 e. The van der Waals surface area contributed by atoms with E-state index in [1.807, 2.05) is 0 Å². The van der Waals surface area contributed by atoms with Crippen molar-refractivity contribution in [1.29, 1.82) is 0 Å². The number of carbonyl (C=O) groups excluding carboxylic acids is 1. The van der Waals surface area contributed by atoms with E-state index < -0.39 is 5.91 Å². The number of amides is 1. The van der Waals surface area contributed by atoms with E-state index in [1.54, 1.807) is 6.20 Å². The van der Waals surface area contributed by atoms with E-state index in [-0.39, 0.29) is 0 Å². The van der Waals surface area contributed by atoms with E-state index in [0.717, 1.165) is 19.3 Å². The van der Waals surface area contributed by atoms with Gasteiger partial charge in [0, 0.05) is 24.2 Å². The molecule has 2 aromatic heterocycles. The highest BCUT2D eigenvalue weighted by molar-refractivity contribution is 6.05. The normalized spacial score (nSPS) is 17.3. The predicted molar refractivity (Wildman–Crippen MR) is 88.1 cm³/mol. The molecule has 6 nitrogen and oxygen atoms in total. The molecule has 1 amide bonds. The lowest BCUT2D eigenvalue weighted by Gasteiger charge is -2.21. The average molecular weight is 316 g/mol. The Morgan fingerprint density at radius 2 is 2.30 bits per heavy atom. The van der Waals surface area contributed by atoms with Gasteiger partial charge in [-0.15, -0.1) is 0 Å². The van der Waals surface area contributed by atoms with Crippen molar-refractivity contribution in [2.75, 3.05) is 0 Å². The van der Waals surface area contributed by atoms with Crippen LogP contribution in [0.1, 0.15) is 62.1 Å². The van der Waals surface area contributed by atoms with Gasteiger partial charge in [0.1, 0.15) is 12.1 Å². The first kappa shape index (κ1) is 15.9. The van der Waals surface area contributed by atoms with E-state index in [2.05, 4.69) is 29.1 Å². The molecular weight excluding hydrogens is 292 g/mol. The molecule has 2 heterocycles. The highest BCUT2D eigenvalue weighted by Crippen LogP contribution is 2.35. The van der Waals surface area contributed by atoms with Crippen LogP contribution in [0.3, 0.4) is 0 Å². The highest BCUT2D eigenvalue weighted by Gasteiger charge is 2.38. The Morgan fingerprint density at radius 3 is 2.96 bits per heavy atom. The van der Waals surface area contributed by atoms with Crippen LogP contribution in [0.15, 0.2) is 16.9 Å². The average Bonchev–Trinajstić information content (AvgIpc) is 3.12. The first-order valence-electron chi connectivity index (χ1n) is 8.31. The number of furan rings is 1. The summed E-state index contributed by atoms with van der Waals surface area (Å²) in [5.41, 5.74) is 6.71. The fourth-order valence-corrected chi connectivity index (χ4v) is 3.05. The predicted octanol–water partition coefficient (Wildman–Crippen LogP) is 2.57. The van der Waals surface area contributed by atoms with Gasteiger partial charge in [-0.1, -0.05) is 6.92 Å². The Morgan fingerprint density at radius 1 is 1.52 bits per heavy atom. The summed E-state index contributed by atoms with van der Waals surface area (Å²) in [5, 5.41) is 4.33. The zero-order valence-electron chi connectivity index (χ0n) is 13.8. The smallest absolute Gasteiger partial charge is 0.253 e. The summed E-state index contributed by atoms with van der Waals surface area (Å²) in [6.07, 6.45) is 9.29. The molecule has 3 rings (SSSR count). The number of aryl methyl sites for hydroxylation is 1. The van der Waals surface area contributed by atoms with Crippen molar-refractivity contribution in [3.63, 3.8) is 0 Å². The topological polar surface area (TPSA) is 94.0 Å². The van der Waals surface area contributed by atoms with Gasteiger partial charge in [0.15, 0.2) is 0 Å². The second-order valence-corrected chi connectivity index (χ2v) is 6.71. The molecule has 1 aliphatic carbocycles. The summed E-state index contributed by atoms with van der Waals surface area (Å²) >= 11 is 0. The van der Waals surface area contributed by atoms with Crippen LogP contribution in [0.4, 0.5) is 0 Å². The minimum absolute atomic E-state index is 0.341. The fraction of sp³-hybridized carbons (Fsp3) is 0.588. The van der Waals surface area contributed by atoms with Crippen LogP contribution >= 0.6 is 0 Å². The number of rotatable bonds is 8. The van der Waals surface area contributed by atoms with Gasteiger partial charge >= 0.3 is 0 Å². The van der Waals surface area contributed by atoms with Gasteiger partial charge in [-0.25, -0.2) is 9.97 Å². The van der Waals surface area contributed by atoms with Crippen LogP contribution in [0.5, 0.6) is 0 Å². The first-order valence-corrected chi connectivity index (χ1v) is 8.31. The maximum atomic E-state index is 11.7. The molecule has 2 aromatic rings. The summed E-state index contributed by atoms with van der Waals surface area (Å²) in [6.45, 7) is 4.48. The molecule has 6 heteroatoms. The van der Waals surface area contributed by atoms with Crippen LogP contribution < -0.4 is 11.1 Å². The molecule has 0 aromatic carbocycles. The third-order valence-corrected chi connectivity index (χ3v) is 4.69. The number of fused-ring (bicyclic) bond motifs is 1. The van der Waals surface area contributed by atoms with Crippen molar-refractivity contribution in [2.24, 2.45) is 5.73 Å². The number of hydrogen-bond acceptors (Lipinski definition) is 5. The Hall–Kier alpha value is -1.95. The molecular formula is C17H24N4O2. The molecule has 0 saturated heterocycles. The van der Waals surface area contributed by atoms with Gasteiger partial charge in [-0.05, 0) is 39.0 Å². The largest absolute Gasteiger partial charge is 0.442 e. The molecule has 1 saturated carbocycles. The van der Waals surface area contributed by atoms with Crippen molar-refractivity contribution in [2.45, 2.75) is 64.0 Å². The van der Waals surface area contributed by atoms with Crippen molar-refractivity contribution in [3.05, 3.63) is 23.8 Å². The number of carbonyl (C=O) groups is 1. The van der Waals surface area contributed by atoms with Gasteiger partial charge in [0.2, 0.25) is 5.71 Å². The van der Waals surface area contributed by atoms with E-state index in [4.69, 9.17) is 10.2 Å². The van der Waals surface area contributed by atoms with Gasteiger partial charge in [-0.3, -0.25) is 4.79 Å². The van der Waals surface area contributed by atoms with E-state index in [1.165, 1.54) is 19.2 Å². The van der Waals surface area contributed by atoms with Crippen molar-refractivity contribution in [1.82, 2.24) is 15.3 Å². The number of primary amides is 1. The number of nitrogens with two attached hydrogens (primary N) is 1. The molecule has 0 radical (unpaired) electrons. The van der Waals surface area contributed by atoms with E-state index in [0.29, 0.717) is 40.4 Å². The Kier molecular flexibility index (Phi) is 4.35. The molecule has 1 fully saturated rings. The molecule has 1 unspecified atom stereocenters. The summed E-state index contributed by atoms with van der Waals surface area (Å²) in [5.74, 6) is 0.143. The van der Waals surface area contributed by atoms with Crippen molar-refractivity contribution < 1.29 is 9.21 Å². The maximum Gasteiger partial charge on any atom is 0.253 e. The lowest BCUT2D eigenvalue weighted by Crippen LogP contribution is -2.37. The minimum atomic E-state index is -0.482. The zero-order chi connectivity index (χ0) is 16.4. The lowest BCUT2D eigenvalue weighted by molar-refractivity contribution is 0.0999. The number of nitrogens with zero attached hydrogens (tertiary/aromatic N) is 2. The summed E-state index contributed by atoms with van der Waals surface area (Å²) in [6, 6.07) is 0.503. The maximum absolute atomic E-state index is 11.7. The van der Waals surface area contributed by atoms with Gasteiger partial charge < -0.3 is 15.5 Å². The zero-order valence-corrected chi connectivity index (χ0v) is 13.8. The second-order valence-electron chi connectivity index (χ2n) is 6.71. The number of nitrogens with one attached hydrogen (secondary N) is 1. The summed E-state index contributed by atoms with van der Waals surface area (Å²) in [4.78, 5) is 19.8. The van der Waals surface area contributed by atoms with Crippen LogP contribution in [0.25, 0.3) is 11.1 Å². The molecule has 1 atom stereocenters. The molecule has 124 valence electrons. The summed E-state index contributed by atoms with van der Waals surface area (Å²) in [7, 11) is 0. The molecule has 23 heavy (non-hydrogen) atoms. The standard InChI is InChI=1S/C17H24N4O2/c1-3-11(21-17(2)7-8-17)5-4-6-13-14(15(18)22)12-9-19-10-20-16(12)23-13/h9-11,21H,3-8H2,1-2H3,(H2,18,22). The lowest BCUT2D eigenvalue weighted by atomic mass is 10.0.